The third kappa shape index (κ3) is 2.36. The zero-order valence-electron chi connectivity index (χ0n) is 7.93. The van der Waals surface area contributed by atoms with Crippen LogP contribution < -0.4 is 0 Å². The fourth-order valence-corrected chi connectivity index (χ4v) is 2.40. The maximum atomic E-state index is 13.5. The van der Waals surface area contributed by atoms with Crippen LogP contribution in [-0.2, 0) is 0 Å². The number of ketones is 1. The molecule has 1 aromatic rings. The van der Waals surface area contributed by atoms with E-state index < -0.39 is 5.82 Å². The van der Waals surface area contributed by atoms with Crippen LogP contribution in [0.5, 0.6) is 0 Å². The summed E-state index contributed by atoms with van der Waals surface area (Å²) in [6.45, 7) is 1.73. The minimum absolute atomic E-state index is 0.153. The molecule has 14 heavy (non-hydrogen) atoms. The zero-order chi connectivity index (χ0) is 10.7. The van der Waals surface area contributed by atoms with E-state index in [0.717, 1.165) is 0 Å². The van der Waals surface area contributed by atoms with Gasteiger partial charge in [0.15, 0.2) is 5.78 Å². The van der Waals surface area contributed by atoms with Crippen LogP contribution in [-0.4, -0.2) is 12.0 Å². The molecular weight excluding hydrogens is 267 g/mol. The van der Waals surface area contributed by atoms with Crippen LogP contribution >= 0.6 is 27.7 Å². The van der Waals surface area contributed by atoms with E-state index in [1.807, 2.05) is 6.26 Å². The number of carbonyl (C=O) groups excluding carboxylic acids is 1. The topological polar surface area (TPSA) is 17.1 Å². The van der Waals surface area contributed by atoms with Gasteiger partial charge in [-0.25, -0.2) is 4.39 Å². The number of benzene rings is 1. The van der Waals surface area contributed by atoms with Crippen molar-refractivity contribution in [3.8, 4) is 0 Å². The standard InChI is InChI=1S/C10H10BrFOS/c1-3-8(13)10-7(12)4-6(11)5-9(10)14-2/h4-5H,3H2,1-2H3. The summed E-state index contributed by atoms with van der Waals surface area (Å²) in [5, 5.41) is 0. The lowest BCUT2D eigenvalue weighted by molar-refractivity contribution is 0.0981. The lowest BCUT2D eigenvalue weighted by Crippen LogP contribution is -2.03. The van der Waals surface area contributed by atoms with Gasteiger partial charge in [-0.3, -0.25) is 4.79 Å². The van der Waals surface area contributed by atoms with Gasteiger partial charge in [0.2, 0.25) is 0 Å². The molecule has 0 aromatic heterocycles. The van der Waals surface area contributed by atoms with Crippen LogP contribution in [0.4, 0.5) is 4.39 Å². The average Bonchev–Trinajstić information content (AvgIpc) is 2.15. The summed E-state index contributed by atoms with van der Waals surface area (Å²) >= 11 is 4.57. The van der Waals surface area contributed by atoms with Crippen molar-refractivity contribution < 1.29 is 9.18 Å². The maximum Gasteiger partial charge on any atom is 0.166 e. The van der Waals surface area contributed by atoms with Gasteiger partial charge in [0.1, 0.15) is 5.82 Å². The number of rotatable bonds is 3. The first kappa shape index (κ1) is 11.7. The van der Waals surface area contributed by atoms with Crippen molar-refractivity contribution in [1.82, 2.24) is 0 Å². The Morgan fingerprint density at radius 1 is 1.57 bits per heavy atom. The van der Waals surface area contributed by atoms with Crippen LogP contribution in [0.2, 0.25) is 0 Å². The summed E-state index contributed by atoms with van der Waals surface area (Å²) in [7, 11) is 0. The number of hydrogen-bond donors (Lipinski definition) is 0. The minimum atomic E-state index is -0.449. The summed E-state index contributed by atoms with van der Waals surface area (Å²) in [6, 6.07) is 3.08. The summed E-state index contributed by atoms with van der Waals surface area (Å²) in [6.07, 6.45) is 2.15. The van der Waals surface area contributed by atoms with E-state index in [4.69, 9.17) is 0 Å². The highest BCUT2D eigenvalue weighted by Crippen LogP contribution is 2.28. The summed E-state index contributed by atoms with van der Waals surface area (Å²) < 4.78 is 14.1. The highest BCUT2D eigenvalue weighted by molar-refractivity contribution is 9.10. The average molecular weight is 277 g/mol. The second-order valence-corrected chi connectivity index (χ2v) is 4.51. The lowest BCUT2D eigenvalue weighted by Gasteiger charge is -2.07. The molecule has 0 bridgehead atoms. The summed E-state index contributed by atoms with van der Waals surface area (Å²) in [5.41, 5.74) is 0.211. The van der Waals surface area contributed by atoms with Crippen molar-refractivity contribution in [2.45, 2.75) is 18.2 Å². The molecule has 0 fully saturated rings. The third-order valence-electron chi connectivity index (χ3n) is 1.84. The molecule has 0 saturated heterocycles. The Morgan fingerprint density at radius 2 is 2.21 bits per heavy atom. The van der Waals surface area contributed by atoms with Crippen molar-refractivity contribution in [2.75, 3.05) is 6.26 Å². The maximum absolute atomic E-state index is 13.5. The van der Waals surface area contributed by atoms with E-state index in [2.05, 4.69) is 15.9 Å². The van der Waals surface area contributed by atoms with Gasteiger partial charge in [-0.2, -0.15) is 0 Å². The molecule has 0 N–H and O–H groups in total. The zero-order valence-corrected chi connectivity index (χ0v) is 10.3. The van der Waals surface area contributed by atoms with E-state index in [9.17, 15) is 9.18 Å². The number of halogens is 2. The van der Waals surface area contributed by atoms with Crippen LogP contribution in [0.15, 0.2) is 21.5 Å². The molecule has 4 heteroatoms. The first-order chi connectivity index (χ1) is 6.60. The second-order valence-electron chi connectivity index (χ2n) is 2.74. The molecule has 1 rings (SSSR count). The Kier molecular flexibility index (Phi) is 4.13. The normalized spacial score (nSPS) is 10.3. The monoisotopic (exact) mass is 276 g/mol. The Morgan fingerprint density at radius 3 is 2.71 bits per heavy atom. The van der Waals surface area contributed by atoms with Crippen LogP contribution in [0.1, 0.15) is 23.7 Å². The first-order valence-electron chi connectivity index (χ1n) is 4.16. The van der Waals surface area contributed by atoms with Gasteiger partial charge >= 0.3 is 0 Å². The molecule has 0 saturated carbocycles. The molecule has 1 nitrogen and oxygen atoms in total. The predicted molar refractivity (Wildman–Crippen MR) is 60.5 cm³/mol. The fourth-order valence-electron chi connectivity index (χ4n) is 1.16. The molecule has 0 atom stereocenters. The van der Waals surface area contributed by atoms with Crippen molar-refractivity contribution in [1.29, 1.82) is 0 Å². The SMILES string of the molecule is CCC(=O)c1c(F)cc(Br)cc1SC. The number of Topliss-reactive ketones (excluding diaryl/α,β-unsaturated/α-hetero) is 1. The highest BCUT2D eigenvalue weighted by atomic mass is 79.9. The largest absolute Gasteiger partial charge is 0.294 e. The van der Waals surface area contributed by atoms with Gasteiger partial charge in [0.05, 0.1) is 5.56 Å². The Balaban J connectivity index is 3.32. The summed E-state index contributed by atoms with van der Waals surface area (Å²) in [5.74, 6) is -0.602. The third-order valence-corrected chi connectivity index (χ3v) is 3.06. The molecule has 0 aliphatic heterocycles. The number of thioether (sulfide) groups is 1. The molecule has 0 aliphatic rings. The molecule has 0 heterocycles. The smallest absolute Gasteiger partial charge is 0.166 e. The van der Waals surface area contributed by atoms with Gasteiger partial charge in [-0.05, 0) is 18.4 Å². The van der Waals surface area contributed by atoms with Crippen LogP contribution in [0.3, 0.4) is 0 Å². The Hall–Kier alpha value is -0.350. The Labute approximate surface area is 95.2 Å². The molecular formula is C10H10BrFOS. The van der Waals surface area contributed by atoms with Crippen molar-refractivity contribution in [3.63, 3.8) is 0 Å². The van der Waals surface area contributed by atoms with Crippen molar-refractivity contribution >= 4 is 33.5 Å². The van der Waals surface area contributed by atoms with E-state index in [0.29, 0.717) is 15.8 Å². The predicted octanol–water partition coefficient (Wildman–Crippen LogP) is 3.90. The van der Waals surface area contributed by atoms with E-state index in [1.165, 1.54) is 17.8 Å². The number of hydrogen-bond acceptors (Lipinski definition) is 2. The van der Waals surface area contributed by atoms with E-state index in [-0.39, 0.29) is 11.3 Å². The summed E-state index contributed by atoms with van der Waals surface area (Å²) in [4.78, 5) is 12.1. The second kappa shape index (κ2) is 4.94. The van der Waals surface area contributed by atoms with Gasteiger partial charge in [-0.15, -0.1) is 11.8 Å². The molecule has 0 unspecified atom stereocenters. The van der Waals surface area contributed by atoms with E-state index in [1.54, 1.807) is 13.0 Å². The molecule has 0 radical (unpaired) electrons. The molecule has 0 amide bonds. The fraction of sp³-hybridized carbons (Fsp3) is 0.300. The van der Waals surface area contributed by atoms with Crippen LogP contribution in [0.25, 0.3) is 0 Å². The molecule has 0 aliphatic carbocycles. The number of carbonyl (C=O) groups is 1. The van der Waals surface area contributed by atoms with Gasteiger partial charge in [0.25, 0.3) is 0 Å². The lowest BCUT2D eigenvalue weighted by atomic mass is 10.1. The minimum Gasteiger partial charge on any atom is -0.294 e. The Bertz CT molecular complexity index is 365. The van der Waals surface area contributed by atoms with Crippen molar-refractivity contribution in [2.24, 2.45) is 0 Å². The van der Waals surface area contributed by atoms with Gasteiger partial charge in [-0.1, -0.05) is 22.9 Å². The molecule has 1 aromatic carbocycles. The molecule has 76 valence electrons. The quantitative estimate of drug-likeness (QED) is 0.615. The van der Waals surface area contributed by atoms with Crippen molar-refractivity contribution in [3.05, 3.63) is 28.0 Å². The van der Waals surface area contributed by atoms with Gasteiger partial charge < -0.3 is 0 Å². The van der Waals surface area contributed by atoms with Crippen LogP contribution in [0, 0.1) is 5.82 Å². The molecule has 0 spiro atoms. The highest BCUT2D eigenvalue weighted by Gasteiger charge is 2.15. The van der Waals surface area contributed by atoms with Gasteiger partial charge in [0, 0.05) is 15.8 Å². The van der Waals surface area contributed by atoms with E-state index >= 15 is 0 Å². The first-order valence-corrected chi connectivity index (χ1v) is 6.18.